The molecule has 180 valence electrons. The largest absolute Gasteiger partial charge is 0.356 e. The number of amides is 1. The Bertz CT molecular complexity index is 1370. The third kappa shape index (κ3) is 4.51. The average Bonchev–Trinajstić information content (AvgIpc) is 3.16. The van der Waals surface area contributed by atoms with Crippen LogP contribution in [0.1, 0.15) is 59.0 Å². The number of hydrogen-bond acceptors (Lipinski definition) is 6. The van der Waals surface area contributed by atoms with Gasteiger partial charge in [-0.05, 0) is 50.3 Å². The summed E-state index contributed by atoms with van der Waals surface area (Å²) in [5, 5.41) is 5.31. The number of sulfone groups is 1. The summed E-state index contributed by atoms with van der Waals surface area (Å²) in [5.74, 6) is 0.606. The monoisotopic (exact) mass is 501 g/mol. The van der Waals surface area contributed by atoms with E-state index in [9.17, 15) is 13.2 Å². The van der Waals surface area contributed by atoms with E-state index in [1.807, 2.05) is 22.4 Å². The second-order valence-electron chi connectivity index (χ2n) is 9.32. The maximum atomic E-state index is 13.8. The van der Waals surface area contributed by atoms with Gasteiger partial charge in [-0.3, -0.25) is 4.79 Å². The number of benzene rings is 1. The zero-order valence-electron chi connectivity index (χ0n) is 19.4. The molecule has 5 rings (SSSR count). The number of rotatable bonds is 5. The number of anilines is 1. The lowest BCUT2D eigenvalue weighted by Gasteiger charge is -2.35. The first-order valence-electron chi connectivity index (χ1n) is 11.6. The number of nitrogens with zero attached hydrogens (tertiary/aromatic N) is 5. The Morgan fingerprint density at radius 1 is 1.12 bits per heavy atom. The van der Waals surface area contributed by atoms with Gasteiger partial charge in [0, 0.05) is 54.3 Å². The SMILES string of the molecule is Cc1cc(N2CCC2)n2nc([C@@H]3CCCCN3C(=O)c3cc(Cl)ccc3CS(C)(=O)=O)cc2n1. The highest BCUT2D eigenvalue weighted by atomic mass is 35.5. The molecular weight excluding hydrogens is 474 g/mol. The summed E-state index contributed by atoms with van der Waals surface area (Å²) < 4.78 is 25.9. The highest BCUT2D eigenvalue weighted by Crippen LogP contribution is 2.34. The van der Waals surface area contributed by atoms with Crippen LogP contribution in [0.3, 0.4) is 0 Å². The van der Waals surface area contributed by atoms with Crippen molar-refractivity contribution in [3.05, 3.63) is 57.9 Å². The van der Waals surface area contributed by atoms with Gasteiger partial charge >= 0.3 is 0 Å². The Hall–Kier alpha value is -2.65. The minimum absolute atomic E-state index is 0.208. The molecule has 8 nitrogen and oxygen atoms in total. The predicted molar refractivity (Wildman–Crippen MR) is 132 cm³/mol. The van der Waals surface area contributed by atoms with E-state index in [0.717, 1.165) is 61.6 Å². The second kappa shape index (κ2) is 8.85. The molecule has 3 aromatic rings. The average molecular weight is 502 g/mol. The summed E-state index contributed by atoms with van der Waals surface area (Å²) >= 11 is 6.21. The van der Waals surface area contributed by atoms with Gasteiger partial charge in [-0.1, -0.05) is 17.7 Å². The van der Waals surface area contributed by atoms with E-state index < -0.39 is 9.84 Å². The zero-order chi connectivity index (χ0) is 24.0. The fourth-order valence-electron chi connectivity index (χ4n) is 4.82. The van der Waals surface area contributed by atoms with Crippen molar-refractivity contribution in [1.82, 2.24) is 19.5 Å². The van der Waals surface area contributed by atoms with Crippen molar-refractivity contribution in [3.8, 4) is 0 Å². The van der Waals surface area contributed by atoms with Crippen LogP contribution in [-0.4, -0.2) is 59.7 Å². The van der Waals surface area contributed by atoms with Crippen molar-refractivity contribution < 1.29 is 13.2 Å². The maximum Gasteiger partial charge on any atom is 0.254 e. The van der Waals surface area contributed by atoms with Crippen LogP contribution in [0.15, 0.2) is 30.3 Å². The summed E-state index contributed by atoms with van der Waals surface area (Å²) in [5.41, 5.74) is 3.31. The van der Waals surface area contributed by atoms with Gasteiger partial charge in [0.05, 0.1) is 17.5 Å². The maximum absolute atomic E-state index is 13.8. The van der Waals surface area contributed by atoms with Crippen molar-refractivity contribution in [2.75, 3.05) is 30.8 Å². The van der Waals surface area contributed by atoms with E-state index in [1.165, 1.54) is 6.26 Å². The van der Waals surface area contributed by atoms with Crippen molar-refractivity contribution in [2.24, 2.45) is 0 Å². The molecular formula is C24H28ClN5O3S. The number of carbonyl (C=O) groups is 1. The summed E-state index contributed by atoms with van der Waals surface area (Å²) in [6.07, 6.45) is 4.99. The van der Waals surface area contributed by atoms with Gasteiger partial charge in [0.25, 0.3) is 5.91 Å². The standard InChI is InChI=1S/C24H28ClN5O3S/c1-16-12-23(28-9-5-10-28)30-22(26-16)14-20(27-30)21-6-3-4-11-29(21)24(31)19-13-18(25)8-7-17(19)15-34(2,32)33/h7-8,12-14,21H,3-6,9-11,15H2,1-2H3/t21-/m0/s1. The number of likely N-dealkylation sites (tertiary alicyclic amines) is 1. The van der Waals surface area contributed by atoms with Crippen molar-refractivity contribution in [3.63, 3.8) is 0 Å². The van der Waals surface area contributed by atoms with Gasteiger partial charge < -0.3 is 9.80 Å². The Kier molecular flexibility index (Phi) is 6.02. The predicted octanol–water partition coefficient (Wildman–Crippen LogP) is 3.81. The van der Waals surface area contributed by atoms with Crippen molar-refractivity contribution in [1.29, 1.82) is 0 Å². The van der Waals surface area contributed by atoms with Crippen LogP contribution in [-0.2, 0) is 15.6 Å². The minimum Gasteiger partial charge on any atom is -0.356 e. The topological polar surface area (TPSA) is 87.9 Å². The minimum atomic E-state index is -3.32. The molecule has 2 aromatic heterocycles. The number of carbonyl (C=O) groups excluding carboxylic acids is 1. The smallest absolute Gasteiger partial charge is 0.254 e. The van der Waals surface area contributed by atoms with E-state index in [0.29, 0.717) is 22.7 Å². The van der Waals surface area contributed by atoms with Crippen LogP contribution in [0.4, 0.5) is 5.82 Å². The molecule has 0 N–H and O–H groups in total. The molecule has 0 saturated carbocycles. The first-order chi connectivity index (χ1) is 16.2. The van der Waals surface area contributed by atoms with E-state index in [2.05, 4.69) is 16.0 Å². The molecule has 0 bridgehead atoms. The van der Waals surface area contributed by atoms with Crippen molar-refractivity contribution in [2.45, 2.75) is 44.4 Å². The van der Waals surface area contributed by atoms with Gasteiger partial charge in [0.1, 0.15) is 5.82 Å². The summed E-state index contributed by atoms with van der Waals surface area (Å²) in [4.78, 5) is 22.5. The normalized spacial score (nSPS) is 18.9. The molecule has 2 fully saturated rings. The Balaban J connectivity index is 1.53. The number of fused-ring (bicyclic) bond motifs is 1. The van der Waals surface area contributed by atoms with Gasteiger partial charge in [-0.15, -0.1) is 0 Å². The Morgan fingerprint density at radius 2 is 1.91 bits per heavy atom. The van der Waals surface area contributed by atoms with Gasteiger partial charge in [0.15, 0.2) is 15.5 Å². The first kappa shape index (κ1) is 23.1. The van der Waals surface area contributed by atoms with Gasteiger partial charge in [-0.25, -0.2) is 13.4 Å². The lowest BCUT2D eigenvalue weighted by Crippen LogP contribution is -2.39. The second-order valence-corrected chi connectivity index (χ2v) is 11.9. The molecule has 0 unspecified atom stereocenters. The quantitative estimate of drug-likeness (QED) is 0.528. The number of hydrogen-bond donors (Lipinski definition) is 0. The highest BCUT2D eigenvalue weighted by molar-refractivity contribution is 7.89. The fraction of sp³-hybridized carbons (Fsp3) is 0.458. The number of aryl methyl sites for hydroxylation is 1. The van der Waals surface area contributed by atoms with Gasteiger partial charge in [-0.2, -0.15) is 9.61 Å². The van der Waals surface area contributed by atoms with Gasteiger partial charge in [0.2, 0.25) is 0 Å². The molecule has 0 spiro atoms. The lowest BCUT2D eigenvalue weighted by molar-refractivity contribution is 0.0605. The molecule has 0 aliphatic carbocycles. The van der Waals surface area contributed by atoms with Crippen LogP contribution in [0.5, 0.6) is 0 Å². The van der Waals surface area contributed by atoms with Crippen LogP contribution in [0.25, 0.3) is 5.65 Å². The van der Waals surface area contributed by atoms with Crippen LogP contribution >= 0.6 is 11.6 Å². The Morgan fingerprint density at radius 3 is 2.62 bits per heavy atom. The molecule has 34 heavy (non-hydrogen) atoms. The lowest BCUT2D eigenvalue weighted by atomic mass is 9.97. The molecule has 10 heteroatoms. The van der Waals surface area contributed by atoms with E-state index in [4.69, 9.17) is 16.7 Å². The highest BCUT2D eigenvalue weighted by Gasteiger charge is 2.32. The van der Waals surface area contributed by atoms with E-state index in [-0.39, 0.29) is 17.7 Å². The number of piperidine rings is 1. The molecule has 4 heterocycles. The van der Waals surface area contributed by atoms with Crippen LogP contribution in [0.2, 0.25) is 5.02 Å². The number of halogens is 1. The van der Waals surface area contributed by atoms with E-state index in [1.54, 1.807) is 18.2 Å². The molecule has 0 radical (unpaired) electrons. The zero-order valence-corrected chi connectivity index (χ0v) is 20.9. The third-order valence-corrected chi connectivity index (χ3v) is 7.63. The first-order valence-corrected chi connectivity index (χ1v) is 14.0. The fourth-order valence-corrected chi connectivity index (χ4v) is 5.81. The third-order valence-electron chi connectivity index (χ3n) is 6.56. The summed E-state index contributed by atoms with van der Waals surface area (Å²) in [6, 6.07) is 8.65. The summed E-state index contributed by atoms with van der Waals surface area (Å²) in [7, 11) is -3.32. The molecule has 1 aromatic carbocycles. The number of aromatic nitrogens is 3. The molecule has 2 saturated heterocycles. The molecule has 1 amide bonds. The molecule has 2 aliphatic heterocycles. The van der Waals surface area contributed by atoms with Crippen LogP contribution < -0.4 is 4.90 Å². The molecule has 2 aliphatic rings. The Labute approximate surface area is 204 Å². The van der Waals surface area contributed by atoms with E-state index >= 15 is 0 Å². The van der Waals surface area contributed by atoms with Crippen molar-refractivity contribution >= 4 is 38.8 Å². The van der Waals surface area contributed by atoms with Crippen LogP contribution in [0, 0.1) is 6.92 Å². The molecule has 1 atom stereocenters. The summed E-state index contributed by atoms with van der Waals surface area (Å²) in [6.45, 7) is 4.56.